The molecule has 7 heteroatoms. The summed E-state index contributed by atoms with van der Waals surface area (Å²) in [6.07, 6.45) is 0.976. The zero-order valence-corrected chi connectivity index (χ0v) is 13.3. The molecule has 1 aliphatic heterocycles. The van der Waals surface area contributed by atoms with Crippen molar-refractivity contribution in [2.24, 2.45) is 11.7 Å². The predicted octanol–water partition coefficient (Wildman–Crippen LogP) is 0.666. The van der Waals surface area contributed by atoms with E-state index >= 15 is 0 Å². The first-order valence-corrected chi connectivity index (χ1v) is 7.46. The van der Waals surface area contributed by atoms with Gasteiger partial charge in [-0.2, -0.15) is 0 Å². The normalized spacial score (nSPS) is 15.1. The Morgan fingerprint density at radius 3 is 2.48 bits per heavy atom. The zero-order chi connectivity index (χ0) is 17.0. The first-order valence-electron chi connectivity index (χ1n) is 7.46. The highest BCUT2D eigenvalue weighted by molar-refractivity contribution is 6.39. The Bertz CT molecular complexity index is 622. The van der Waals surface area contributed by atoms with Crippen molar-refractivity contribution in [1.82, 2.24) is 4.90 Å². The van der Waals surface area contributed by atoms with Crippen LogP contribution in [0.2, 0.25) is 0 Å². The Morgan fingerprint density at radius 1 is 1.26 bits per heavy atom. The molecular weight excluding hydrogens is 298 g/mol. The van der Waals surface area contributed by atoms with Crippen LogP contribution in [0.25, 0.3) is 0 Å². The van der Waals surface area contributed by atoms with Gasteiger partial charge in [-0.25, -0.2) is 0 Å². The van der Waals surface area contributed by atoms with Crippen LogP contribution >= 0.6 is 0 Å². The number of hydrogen-bond donors (Lipinski definition) is 2. The van der Waals surface area contributed by atoms with E-state index in [-0.39, 0.29) is 11.8 Å². The number of piperidine rings is 1. The summed E-state index contributed by atoms with van der Waals surface area (Å²) in [7, 11) is 1.50. The van der Waals surface area contributed by atoms with Crippen LogP contribution in [0.15, 0.2) is 18.2 Å². The Hall–Kier alpha value is -2.57. The maximum Gasteiger partial charge on any atom is 0.314 e. The summed E-state index contributed by atoms with van der Waals surface area (Å²) >= 11 is 0. The van der Waals surface area contributed by atoms with E-state index < -0.39 is 11.8 Å². The van der Waals surface area contributed by atoms with Gasteiger partial charge in [0.05, 0.1) is 12.8 Å². The van der Waals surface area contributed by atoms with E-state index in [1.54, 1.807) is 12.1 Å². The lowest BCUT2D eigenvalue weighted by molar-refractivity contribution is -0.144. The number of benzene rings is 1. The molecule has 2 rings (SSSR count). The number of hydrogen-bond acceptors (Lipinski definition) is 4. The van der Waals surface area contributed by atoms with Gasteiger partial charge in [-0.05, 0) is 37.5 Å². The Morgan fingerprint density at radius 2 is 1.91 bits per heavy atom. The van der Waals surface area contributed by atoms with Gasteiger partial charge in [-0.15, -0.1) is 0 Å². The number of amides is 3. The maximum atomic E-state index is 12.2. The summed E-state index contributed by atoms with van der Waals surface area (Å²) in [6.45, 7) is 2.58. The molecule has 0 aliphatic carbocycles. The topological polar surface area (TPSA) is 102 Å². The van der Waals surface area contributed by atoms with Gasteiger partial charge in [0, 0.05) is 19.0 Å². The van der Waals surface area contributed by atoms with Crippen molar-refractivity contribution in [2.75, 3.05) is 25.5 Å². The van der Waals surface area contributed by atoms with Crippen LogP contribution in [-0.4, -0.2) is 42.8 Å². The monoisotopic (exact) mass is 319 g/mol. The van der Waals surface area contributed by atoms with Crippen LogP contribution in [0.4, 0.5) is 5.69 Å². The van der Waals surface area contributed by atoms with Crippen LogP contribution < -0.4 is 15.8 Å². The van der Waals surface area contributed by atoms with Gasteiger partial charge in [-0.3, -0.25) is 14.4 Å². The highest BCUT2D eigenvalue weighted by Crippen LogP contribution is 2.25. The number of ether oxygens (including phenoxy) is 1. The second-order valence-electron chi connectivity index (χ2n) is 5.63. The molecule has 23 heavy (non-hydrogen) atoms. The third-order valence-electron chi connectivity index (χ3n) is 3.98. The number of rotatable bonds is 3. The van der Waals surface area contributed by atoms with Gasteiger partial charge >= 0.3 is 11.8 Å². The molecule has 1 heterocycles. The quantitative estimate of drug-likeness (QED) is 0.799. The number of anilines is 1. The standard InChI is InChI=1S/C16H21N3O4/c1-10-3-4-13(23-2)12(9-10)18-15(21)16(22)19-7-5-11(6-8-19)14(17)20/h3-4,9,11H,5-8H2,1-2H3,(H2,17,20)(H,18,21). The fourth-order valence-corrected chi connectivity index (χ4v) is 2.61. The fourth-order valence-electron chi connectivity index (χ4n) is 2.61. The molecule has 0 spiro atoms. The van der Waals surface area contributed by atoms with E-state index in [0.717, 1.165) is 5.56 Å². The van der Waals surface area contributed by atoms with Gasteiger partial charge < -0.3 is 20.7 Å². The van der Waals surface area contributed by atoms with Crippen LogP contribution in [0, 0.1) is 12.8 Å². The number of nitrogens with two attached hydrogens (primary N) is 1. The minimum atomic E-state index is -0.716. The second-order valence-corrected chi connectivity index (χ2v) is 5.63. The van der Waals surface area contributed by atoms with Crippen molar-refractivity contribution < 1.29 is 19.1 Å². The lowest BCUT2D eigenvalue weighted by atomic mass is 9.96. The van der Waals surface area contributed by atoms with Crippen molar-refractivity contribution in [1.29, 1.82) is 0 Å². The lowest BCUT2D eigenvalue weighted by Crippen LogP contribution is -2.46. The van der Waals surface area contributed by atoms with Crippen LogP contribution in [0.3, 0.4) is 0 Å². The molecule has 0 aromatic heterocycles. The number of nitrogens with one attached hydrogen (secondary N) is 1. The maximum absolute atomic E-state index is 12.2. The van der Waals surface area contributed by atoms with Gasteiger partial charge in [0.2, 0.25) is 5.91 Å². The molecule has 1 aromatic carbocycles. The van der Waals surface area contributed by atoms with E-state index in [9.17, 15) is 14.4 Å². The lowest BCUT2D eigenvalue weighted by Gasteiger charge is -2.30. The smallest absolute Gasteiger partial charge is 0.314 e. The third kappa shape index (κ3) is 4.00. The minimum Gasteiger partial charge on any atom is -0.495 e. The van der Waals surface area contributed by atoms with E-state index in [1.807, 2.05) is 13.0 Å². The molecule has 1 fully saturated rings. The molecule has 7 nitrogen and oxygen atoms in total. The first kappa shape index (κ1) is 16.8. The van der Waals surface area contributed by atoms with Crippen LogP contribution in [0.5, 0.6) is 5.75 Å². The second kappa shape index (κ2) is 7.13. The molecule has 0 atom stereocenters. The SMILES string of the molecule is COc1ccc(C)cc1NC(=O)C(=O)N1CCC(C(N)=O)CC1. The van der Waals surface area contributed by atoms with Crippen molar-refractivity contribution in [3.63, 3.8) is 0 Å². The van der Waals surface area contributed by atoms with Crippen LogP contribution in [0.1, 0.15) is 18.4 Å². The summed E-state index contributed by atoms with van der Waals surface area (Å²) in [5.41, 5.74) is 6.66. The summed E-state index contributed by atoms with van der Waals surface area (Å²) in [5.74, 6) is -1.42. The molecule has 0 radical (unpaired) electrons. The molecular formula is C16H21N3O4. The number of methoxy groups -OCH3 is 1. The van der Waals surface area contributed by atoms with E-state index in [4.69, 9.17) is 10.5 Å². The number of aryl methyl sites for hydroxylation is 1. The highest BCUT2D eigenvalue weighted by Gasteiger charge is 2.29. The Balaban J connectivity index is 2.00. The van der Waals surface area contributed by atoms with Gasteiger partial charge in [0.25, 0.3) is 0 Å². The number of likely N-dealkylation sites (tertiary alicyclic amines) is 1. The highest BCUT2D eigenvalue weighted by atomic mass is 16.5. The van der Waals surface area contributed by atoms with Gasteiger partial charge in [0.15, 0.2) is 0 Å². The molecule has 3 amide bonds. The fraction of sp³-hybridized carbons (Fsp3) is 0.438. The minimum absolute atomic E-state index is 0.223. The van der Waals surface area contributed by atoms with Gasteiger partial charge in [0.1, 0.15) is 5.75 Å². The number of primary amides is 1. The molecule has 124 valence electrons. The number of nitrogens with zero attached hydrogens (tertiary/aromatic N) is 1. The summed E-state index contributed by atoms with van der Waals surface area (Å²) in [6, 6.07) is 5.32. The molecule has 3 N–H and O–H groups in total. The number of carbonyl (C=O) groups is 3. The Labute approximate surface area is 134 Å². The largest absolute Gasteiger partial charge is 0.495 e. The van der Waals surface area contributed by atoms with E-state index in [0.29, 0.717) is 37.4 Å². The Kier molecular flexibility index (Phi) is 5.20. The van der Waals surface area contributed by atoms with Crippen molar-refractivity contribution >= 4 is 23.4 Å². The van der Waals surface area contributed by atoms with Crippen molar-refractivity contribution in [3.05, 3.63) is 23.8 Å². The summed E-state index contributed by atoms with van der Waals surface area (Å²) in [5, 5.41) is 2.59. The third-order valence-corrected chi connectivity index (χ3v) is 3.98. The molecule has 1 saturated heterocycles. The van der Waals surface area contributed by atoms with E-state index in [1.165, 1.54) is 12.0 Å². The average Bonchev–Trinajstić information content (AvgIpc) is 2.54. The van der Waals surface area contributed by atoms with Crippen molar-refractivity contribution in [2.45, 2.75) is 19.8 Å². The molecule has 0 unspecified atom stereocenters. The number of carbonyl (C=O) groups excluding carboxylic acids is 3. The summed E-state index contributed by atoms with van der Waals surface area (Å²) in [4.78, 5) is 37.0. The zero-order valence-electron chi connectivity index (χ0n) is 13.3. The predicted molar refractivity (Wildman–Crippen MR) is 84.9 cm³/mol. The van der Waals surface area contributed by atoms with Crippen LogP contribution in [-0.2, 0) is 14.4 Å². The molecule has 1 aromatic rings. The van der Waals surface area contributed by atoms with Gasteiger partial charge in [-0.1, -0.05) is 6.07 Å². The molecule has 0 saturated carbocycles. The van der Waals surface area contributed by atoms with Crippen molar-refractivity contribution in [3.8, 4) is 5.75 Å². The average molecular weight is 319 g/mol. The van der Waals surface area contributed by atoms with E-state index in [2.05, 4.69) is 5.32 Å². The molecule has 1 aliphatic rings. The molecule has 0 bridgehead atoms. The first-order chi connectivity index (χ1) is 10.9. The summed E-state index contributed by atoms with van der Waals surface area (Å²) < 4.78 is 5.18.